The Labute approximate surface area is 78.7 Å². The van der Waals surface area contributed by atoms with Gasteiger partial charge >= 0.3 is 0 Å². The second kappa shape index (κ2) is 4.15. The first-order valence-corrected chi connectivity index (χ1v) is 4.84. The van der Waals surface area contributed by atoms with Crippen molar-refractivity contribution in [3.63, 3.8) is 0 Å². The Bertz CT molecular complexity index is 335. The highest BCUT2D eigenvalue weighted by atomic mass is 32.2. The second-order valence-electron chi connectivity index (χ2n) is 2.40. The van der Waals surface area contributed by atoms with Crippen molar-refractivity contribution in [3.8, 4) is 0 Å². The van der Waals surface area contributed by atoms with Gasteiger partial charge in [-0.1, -0.05) is 0 Å². The molecule has 70 valence electrons. The number of nitrogens with one attached hydrogen (secondary N) is 1. The fourth-order valence-corrected chi connectivity index (χ4v) is 1.29. The first-order chi connectivity index (χ1) is 6.15. The molecular weight excluding hydrogens is 188 g/mol. The van der Waals surface area contributed by atoms with Gasteiger partial charge in [-0.2, -0.15) is 0 Å². The van der Waals surface area contributed by atoms with Gasteiger partial charge in [0.1, 0.15) is 11.0 Å². The highest BCUT2D eigenvalue weighted by Crippen LogP contribution is 2.05. The SMILES string of the molecule is CNC(=O)c1ccc(S(N)=O)cc1. The van der Waals surface area contributed by atoms with Crippen LogP contribution >= 0.6 is 0 Å². The fraction of sp³-hybridized carbons (Fsp3) is 0.125. The van der Waals surface area contributed by atoms with Crippen LogP contribution in [0.25, 0.3) is 0 Å². The van der Waals surface area contributed by atoms with Gasteiger partial charge in [-0.25, -0.2) is 9.35 Å². The zero-order valence-electron chi connectivity index (χ0n) is 7.11. The van der Waals surface area contributed by atoms with Crippen LogP contribution in [0, 0.1) is 0 Å². The lowest BCUT2D eigenvalue weighted by Gasteiger charge is -1.99. The summed E-state index contributed by atoms with van der Waals surface area (Å²) in [5.74, 6) is -0.172. The van der Waals surface area contributed by atoms with Gasteiger partial charge in [0.05, 0.1) is 4.90 Å². The van der Waals surface area contributed by atoms with Crippen molar-refractivity contribution in [2.75, 3.05) is 7.05 Å². The van der Waals surface area contributed by atoms with E-state index in [4.69, 9.17) is 5.14 Å². The Morgan fingerprint density at radius 2 is 1.92 bits per heavy atom. The molecule has 0 saturated carbocycles. The highest BCUT2D eigenvalue weighted by molar-refractivity contribution is 7.82. The summed E-state index contributed by atoms with van der Waals surface area (Å²) in [5, 5.41) is 7.63. The summed E-state index contributed by atoms with van der Waals surface area (Å²) in [5.41, 5.74) is 0.525. The van der Waals surface area contributed by atoms with Crippen LogP contribution in [0.15, 0.2) is 29.2 Å². The Kier molecular flexibility index (Phi) is 3.16. The van der Waals surface area contributed by atoms with Crippen molar-refractivity contribution in [3.05, 3.63) is 29.8 Å². The molecule has 1 amide bonds. The van der Waals surface area contributed by atoms with Crippen molar-refractivity contribution in [2.45, 2.75) is 4.90 Å². The van der Waals surface area contributed by atoms with Gasteiger partial charge < -0.3 is 5.32 Å². The summed E-state index contributed by atoms with van der Waals surface area (Å²) in [7, 11) is 0.0688. The van der Waals surface area contributed by atoms with Crippen LogP contribution in [0.2, 0.25) is 0 Å². The molecule has 0 bridgehead atoms. The van der Waals surface area contributed by atoms with E-state index in [1.807, 2.05) is 0 Å². The third-order valence-electron chi connectivity index (χ3n) is 1.58. The maximum absolute atomic E-state index is 11.1. The van der Waals surface area contributed by atoms with Gasteiger partial charge in [-0.15, -0.1) is 0 Å². The molecule has 0 fully saturated rings. The standard InChI is InChI=1S/C8H10N2O2S/c1-10-8(11)6-2-4-7(5-3-6)13(9)12/h2-5H,9H2,1H3,(H,10,11). The van der Waals surface area contributed by atoms with Gasteiger partial charge in [0.2, 0.25) is 0 Å². The summed E-state index contributed by atoms with van der Waals surface area (Å²) < 4.78 is 10.8. The molecule has 0 aliphatic heterocycles. The van der Waals surface area contributed by atoms with Crippen molar-refractivity contribution in [1.29, 1.82) is 0 Å². The molecule has 3 N–H and O–H groups in total. The normalized spacial score (nSPS) is 12.2. The molecule has 0 aromatic heterocycles. The van der Waals surface area contributed by atoms with E-state index in [0.717, 1.165) is 0 Å². The van der Waals surface area contributed by atoms with Crippen LogP contribution in [0.5, 0.6) is 0 Å². The average Bonchev–Trinajstić information content (AvgIpc) is 2.17. The summed E-state index contributed by atoms with van der Waals surface area (Å²) in [6.07, 6.45) is 0. The van der Waals surface area contributed by atoms with Crippen LogP contribution in [0.3, 0.4) is 0 Å². The number of amides is 1. The number of hydrogen-bond donors (Lipinski definition) is 2. The summed E-state index contributed by atoms with van der Waals surface area (Å²) >= 11 is 0. The third-order valence-corrected chi connectivity index (χ3v) is 2.31. The second-order valence-corrected chi connectivity index (χ2v) is 3.47. The lowest BCUT2D eigenvalue weighted by molar-refractivity contribution is 0.0963. The van der Waals surface area contributed by atoms with Gasteiger partial charge in [0.25, 0.3) is 5.91 Å². The zero-order valence-corrected chi connectivity index (χ0v) is 7.93. The molecule has 4 nitrogen and oxygen atoms in total. The molecule has 1 aromatic rings. The first kappa shape index (κ1) is 9.88. The topological polar surface area (TPSA) is 72.2 Å². The summed E-state index contributed by atoms with van der Waals surface area (Å²) in [6, 6.07) is 6.30. The largest absolute Gasteiger partial charge is 0.355 e. The number of benzene rings is 1. The van der Waals surface area contributed by atoms with E-state index >= 15 is 0 Å². The molecule has 1 atom stereocenters. The molecule has 0 radical (unpaired) electrons. The molecule has 0 spiro atoms. The number of carbonyl (C=O) groups is 1. The molecule has 0 heterocycles. The molecule has 1 aromatic carbocycles. The van der Waals surface area contributed by atoms with Crippen LogP contribution < -0.4 is 10.5 Å². The minimum atomic E-state index is -1.48. The smallest absolute Gasteiger partial charge is 0.251 e. The van der Waals surface area contributed by atoms with Crippen LogP contribution in [-0.4, -0.2) is 17.2 Å². The Morgan fingerprint density at radius 1 is 1.38 bits per heavy atom. The Morgan fingerprint density at radius 3 is 2.31 bits per heavy atom. The van der Waals surface area contributed by atoms with Crippen LogP contribution in [-0.2, 0) is 11.0 Å². The average molecular weight is 198 g/mol. The first-order valence-electron chi connectivity index (χ1n) is 3.63. The highest BCUT2D eigenvalue weighted by Gasteiger charge is 2.03. The van der Waals surface area contributed by atoms with Crippen LogP contribution in [0.4, 0.5) is 0 Å². The lowest BCUT2D eigenvalue weighted by Crippen LogP contribution is -2.17. The number of carbonyl (C=O) groups excluding carboxylic acids is 1. The van der Waals surface area contributed by atoms with Gasteiger partial charge in [0, 0.05) is 12.6 Å². The summed E-state index contributed by atoms with van der Waals surface area (Å²) in [4.78, 5) is 11.6. The maximum Gasteiger partial charge on any atom is 0.251 e. The molecule has 1 rings (SSSR count). The van der Waals surface area contributed by atoms with Gasteiger partial charge in [-0.3, -0.25) is 4.79 Å². The van der Waals surface area contributed by atoms with E-state index in [0.29, 0.717) is 10.5 Å². The molecule has 5 heteroatoms. The van der Waals surface area contributed by atoms with Crippen molar-refractivity contribution >= 4 is 16.9 Å². The third kappa shape index (κ3) is 2.37. The van der Waals surface area contributed by atoms with Gasteiger partial charge in [0.15, 0.2) is 0 Å². The van der Waals surface area contributed by atoms with E-state index in [1.54, 1.807) is 31.3 Å². The molecule has 0 aliphatic rings. The van der Waals surface area contributed by atoms with E-state index < -0.39 is 11.0 Å². The monoisotopic (exact) mass is 198 g/mol. The van der Waals surface area contributed by atoms with Crippen molar-refractivity contribution < 1.29 is 9.00 Å². The molecule has 1 unspecified atom stereocenters. The number of nitrogens with two attached hydrogens (primary N) is 1. The fourth-order valence-electron chi connectivity index (χ4n) is 0.885. The molecule has 0 saturated heterocycles. The quantitative estimate of drug-likeness (QED) is 0.703. The molecular formula is C8H10N2O2S. The molecule has 0 aliphatic carbocycles. The van der Waals surface area contributed by atoms with Crippen LogP contribution in [0.1, 0.15) is 10.4 Å². The maximum atomic E-state index is 11.1. The van der Waals surface area contributed by atoms with Crippen molar-refractivity contribution in [2.24, 2.45) is 5.14 Å². The predicted octanol–water partition coefficient (Wildman–Crippen LogP) is 0.0275. The Hall–Kier alpha value is -1.20. The summed E-state index contributed by atoms with van der Waals surface area (Å²) in [6.45, 7) is 0. The zero-order chi connectivity index (χ0) is 9.84. The predicted molar refractivity (Wildman–Crippen MR) is 50.4 cm³/mol. The molecule has 13 heavy (non-hydrogen) atoms. The Balaban J connectivity index is 2.93. The van der Waals surface area contributed by atoms with E-state index in [9.17, 15) is 9.00 Å². The van der Waals surface area contributed by atoms with E-state index in [2.05, 4.69) is 5.32 Å². The number of hydrogen-bond acceptors (Lipinski definition) is 2. The van der Waals surface area contributed by atoms with E-state index in [1.165, 1.54) is 0 Å². The number of rotatable bonds is 2. The van der Waals surface area contributed by atoms with Gasteiger partial charge in [-0.05, 0) is 24.3 Å². The lowest BCUT2D eigenvalue weighted by atomic mass is 10.2. The van der Waals surface area contributed by atoms with Crippen molar-refractivity contribution in [1.82, 2.24) is 5.32 Å². The van der Waals surface area contributed by atoms with E-state index in [-0.39, 0.29) is 5.91 Å². The minimum Gasteiger partial charge on any atom is -0.355 e. The minimum absolute atomic E-state index is 0.172.